The average Bonchev–Trinajstić information content (AvgIpc) is 3.30. The minimum Gasteiger partial charge on any atom is -0.454 e. The number of nitrogens with two attached hydrogens (primary N) is 1. The Labute approximate surface area is 188 Å². The van der Waals surface area contributed by atoms with Gasteiger partial charge in [0.2, 0.25) is 6.79 Å². The van der Waals surface area contributed by atoms with Crippen molar-refractivity contribution in [2.75, 3.05) is 6.79 Å². The van der Waals surface area contributed by atoms with Gasteiger partial charge in [0, 0.05) is 23.5 Å². The minimum absolute atomic E-state index is 0.161. The molecule has 174 valence electrons. The molecule has 0 unspecified atom stereocenters. The fraction of sp³-hybridized carbons (Fsp3) is 0.292. The lowest BCUT2D eigenvalue weighted by Crippen LogP contribution is -2.17. The molecule has 2 heterocycles. The van der Waals surface area contributed by atoms with Crippen LogP contribution in [-0.2, 0) is 13.0 Å². The van der Waals surface area contributed by atoms with Crippen molar-refractivity contribution >= 4 is 5.91 Å². The monoisotopic (exact) mass is 460 g/mol. The number of aromatic nitrogens is 1. The number of carbonyl (C=O) groups is 1. The van der Waals surface area contributed by atoms with Crippen LogP contribution in [0.2, 0.25) is 0 Å². The number of hydrogen-bond donors (Lipinski definition) is 1. The van der Waals surface area contributed by atoms with Gasteiger partial charge in [-0.25, -0.2) is 0 Å². The summed E-state index contributed by atoms with van der Waals surface area (Å²) in [5.74, 6) is 0.295. The molecule has 4 rings (SSSR count). The van der Waals surface area contributed by atoms with E-state index in [0.29, 0.717) is 41.3 Å². The fourth-order valence-electron chi connectivity index (χ4n) is 4.19. The number of ether oxygens (including phenoxy) is 3. The van der Waals surface area contributed by atoms with Crippen LogP contribution in [0.3, 0.4) is 0 Å². The standard InChI is InChI=1S/C24H23F3N2O4/c1-3-5-18-22(16-6-4-7-17(11-16)33-24(25,26)27)21(23(28)30)14(2)29(18)12-15-8-9-19-20(10-15)32-13-31-19/h4,6-11H,3,5,12-13H2,1-2H3,(H2,28,30). The summed E-state index contributed by atoms with van der Waals surface area (Å²) in [7, 11) is 0. The Morgan fingerprint density at radius 3 is 2.61 bits per heavy atom. The smallest absolute Gasteiger partial charge is 0.454 e. The van der Waals surface area contributed by atoms with E-state index in [4.69, 9.17) is 15.2 Å². The topological polar surface area (TPSA) is 75.7 Å². The van der Waals surface area contributed by atoms with E-state index in [2.05, 4.69) is 4.74 Å². The summed E-state index contributed by atoms with van der Waals surface area (Å²) in [5.41, 5.74) is 9.35. The van der Waals surface area contributed by atoms with Gasteiger partial charge in [-0.2, -0.15) is 0 Å². The molecule has 0 radical (unpaired) electrons. The second kappa shape index (κ2) is 8.73. The van der Waals surface area contributed by atoms with Gasteiger partial charge in [-0.1, -0.05) is 31.5 Å². The van der Waals surface area contributed by atoms with E-state index >= 15 is 0 Å². The summed E-state index contributed by atoms with van der Waals surface area (Å²) in [6.07, 6.45) is -3.47. The van der Waals surface area contributed by atoms with Crippen LogP contribution in [0.5, 0.6) is 17.2 Å². The van der Waals surface area contributed by atoms with Crippen LogP contribution in [0.15, 0.2) is 42.5 Å². The highest BCUT2D eigenvalue weighted by Crippen LogP contribution is 2.38. The number of amides is 1. The Morgan fingerprint density at radius 1 is 1.15 bits per heavy atom. The molecule has 0 bridgehead atoms. The quantitative estimate of drug-likeness (QED) is 0.527. The molecular weight excluding hydrogens is 437 g/mol. The van der Waals surface area contributed by atoms with Gasteiger partial charge < -0.3 is 24.5 Å². The Morgan fingerprint density at radius 2 is 1.91 bits per heavy atom. The summed E-state index contributed by atoms with van der Waals surface area (Å²) in [6, 6.07) is 11.2. The SMILES string of the molecule is CCCc1c(-c2cccc(OC(F)(F)F)c2)c(C(N)=O)c(C)n1Cc1ccc2c(c1)OCO2. The molecule has 2 aromatic carbocycles. The number of nitrogens with zero attached hydrogens (tertiary/aromatic N) is 1. The molecular formula is C24H23F3N2O4. The van der Waals surface area contributed by atoms with Crippen molar-refractivity contribution in [3.8, 4) is 28.4 Å². The summed E-state index contributed by atoms with van der Waals surface area (Å²) >= 11 is 0. The highest BCUT2D eigenvalue weighted by Gasteiger charge is 2.32. The van der Waals surface area contributed by atoms with E-state index in [1.807, 2.05) is 29.7 Å². The van der Waals surface area contributed by atoms with E-state index in [1.54, 1.807) is 13.0 Å². The molecule has 0 aliphatic carbocycles. The van der Waals surface area contributed by atoms with Crippen LogP contribution in [0.25, 0.3) is 11.1 Å². The fourth-order valence-corrected chi connectivity index (χ4v) is 4.19. The van der Waals surface area contributed by atoms with Crippen molar-refractivity contribution in [3.63, 3.8) is 0 Å². The van der Waals surface area contributed by atoms with Crippen molar-refractivity contribution in [1.82, 2.24) is 4.57 Å². The molecule has 0 atom stereocenters. The zero-order chi connectivity index (χ0) is 23.8. The zero-order valence-electron chi connectivity index (χ0n) is 18.2. The molecule has 33 heavy (non-hydrogen) atoms. The summed E-state index contributed by atoms with van der Waals surface area (Å²) < 4.78 is 55.2. The molecule has 1 amide bonds. The van der Waals surface area contributed by atoms with E-state index in [0.717, 1.165) is 17.7 Å². The lowest BCUT2D eigenvalue weighted by Gasteiger charge is -2.14. The molecule has 2 N–H and O–H groups in total. The van der Waals surface area contributed by atoms with Gasteiger partial charge in [-0.05, 0) is 48.7 Å². The number of alkyl halides is 3. The van der Waals surface area contributed by atoms with Crippen LogP contribution in [0, 0.1) is 6.92 Å². The van der Waals surface area contributed by atoms with E-state index < -0.39 is 12.3 Å². The first-order valence-electron chi connectivity index (χ1n) is 10.4. The second-order valence-electron chi connectivity index (χ2n) is 7.75. The van der Waals surface area contributed by atoms with Crippen molar-refractivity contribution in [1.29, 1.82) is 0 Å². The van der Waals surface area contributed by atoms with Crippen LogP contribution in [0.4, 0.5) is 13.2 Å². The van der Waals surface area contributed by atoms with Gasteiger partial charge in [-0.3, -0.25) is 4.79 Å². The molecule has 1 aliphatic rings. The first-order valence-corrected chi connectivity index (χ1v) is 10.4. The first kappa shape index (κ1) is 22.6. The second-order valence-corrected chi connectivity index (χ2v) is 7.75. The summed E-state index contributed by atoms with van der Waals surface area (Å²) in [5, 5.41) is 0. The highest BCUT2D eigenvalue weighted by molar-refractivity contribution is 6.02. The number of carbonyl (C=O) groups excluding carboxylic acids is 1. The number of rotatable bonds is 7. The van der Waals surface area contributed by atoms with Crippen molar-refractivity contribution < 1.29 is 32.2 Å². The maximum atomic E-state index is 12.8. The van der Waals surface area contributed by atoms with Gasteiger partial charge in [0.25, 0.3) is 5.91 Å². The van der Waals surface area contributed by atoms with Crippen LogP contribution in [-0.4, -0.2) is 23.6 Å². The number of halogens is 3. The van der Waals surface area contributed by atoms with Gasteiger partial charge >= 0.3 is 6.36 Å². The predicted octanol–water partition coefficient (Wildman–Crippen LogP) is 5.19. The molecule has 0 fully saturated rings. The number of primary amides is 1. The Balaban J connectivity index is 1.84. The Bertz CT molecular complexity index is 1200. The van der Waals surface area contributed by atoms with Gasteiger partial charge in [0.05, 0.1) is 5.56 Å². The molecule has 1 aromatic heterocycles. The molecule has 0 saturated heterocycles. The molecule has 0 saturated carbocycles. The number of hydrogen-bond acceptors (Lipinski definition) is 4. The third kappa shape index (κ3) is 4.62. The number of benzene rings is 2. The largest absolute Gasteiger partial charge is 0.573 e. The zero-order valence-corrected chi connectivity index (χ0v) is 18.2. The maximum Gasteiger partial charge on any atom is 0.573 e. The molecule has 6 nitrogen and oxygen atoms in total. The Kier molecular flexibility index (Phi) is 5.97. The lowest BCUT2D eigenvalue weighted by atomic mass is 9.98. The third-order valence-electron chi connectivity index (χ3n) is 5.50. The first-order chi connectivity index (χ1) is 15.7. The van der Waals surface area contributed by atoms with E-state index in [-0.39, 0.29) is 18.1 Å². The molecule has 3 aromatic rings. The van der Waals surface area contributed by atoms with Crippen LogP contribution < -0.4 is 19.9 Å². The van der Waals surface area contributed by atoms with E-state index in [9.17, 15) is 18.0 Å². The van der Waals surface area contributed by atoms with E-state index in [1.165, 1.54) is 18.2 Å². The third-order valence-corrected chi connectivity index (χ3v) is 5.50. The average molecular weight is 460 g/mol. The summed E-state index contributed by atoms with van der Waals surface area (Å²) in [4.78, 5) is 12.5. The molecule has 9 heteroatoms. The van der Waals surface area contributed by atoms with Crippen molar-refractivity contribution in [2.45, 2.75) is 39.6 Å². The highest BCUT2D eigenvalue weighted by atomic mass is 19.4. The van der Waals surface area contributed by atoms with Crippen LogP contribution >= 0.6 is 0 Å². The van der Waals surface area contributed by atoms with Crippen LogP contribution in [0.1, 0.15) is 40.7 Å². The minimum atomic E-state index is -4.82. The summed E-state index contributed by atoms with van der Waals surface area (Å²) in [6.45, 7) is 4.36. The number of fused-ring (bicyclic) bond motifs is 1. The maximum absolute atomic E-state index is 12.8. The lowest BCUT2D eigenvalue weighted by molar-refractivity contribution is -0.274. The molecule has 1 aliphatic heterocycles. The van der Waals surface area contributed by atoms with Gasteiger partial charge in [-0.15, -0.1) is 13.2 Å². The Hall–Kier alpha value is -3.62. The normalized spacial score (nSPS) is 12.8. The van der Waals surface area contributed by atoms with Gasteiger partial charge in [0.1, 0.15) is 5.75 Å². The predicted molar refractivity (Wildman–Crippen MR) is 115 cm³/mol. The van der Waals surface area contributed by atoms with Crippen molar-refractivity contribution in [3.05, 3.63) is 65.0 Å². The molecule has 0 spiro atoms. The van der Waals surface area contributed by atoms with Crippen molar-refractivity contribution in [2.24, 2.45) is 5.73 Å². The van der Waals surface area contributed by atoms with Gasteiger partial charge in [0.15, 0.2) is 11.5 Å².